The first-order chi connectivity index (χ1) is 18.8. The topological polar surface area (TPSA) is 20.5 Å². The van der Waals surface area contributed by atoms with Crippen LogP contribution < -0.4 is 0 Å². The molecule has 1 aliphatic heterocycles. The van der Waals surface area contributed by atoms with Crippen molar-refractivity contribution in [3.63, 3.8) is 0 Å². The molecule has 184 valence electrons. The standard InChI is InChI=1S/C35H29N3/c1-37-33(27-17-9-4-10-18-27)24-31(26-15-7-3-8-16-26)36-35(37)38-32-20-12-11-19-29(32)30-22-21-28(23-34(30)38)25-13-5-2-6-14-25/h2-3,5-9,11-24,35H,4,10H2,1H3. The number of likely N-dealkylation sites (N-methyl/N-ethyl adjacent to an activating group) is 1. The highest BCUT2D eigenvalue weighted by atomic mass is 15.4. The van der Waals surface area contributed by atoms with Crippen molar-refractivity contribution < 1.29 is 0 Å². The molecule has 2 aliphatic rings. The van der Waals surface area contributed by atoms with Gasteiger partial charge in [-0.1, -0.05) is 109 Å². The van der Waals surface area contributed by atoms with E-state index in [0.29, 0.717) is 0 Å². The van der Waals surface area contributed by atoms with Gasteiger partial charge in [0.15, 0.2) is 0 Å². The molecule has 38 heavy (non-hydrogen) atoms. The Balaban J connectivity index is 1.48. The van der Waals surface area contributed by atoms with Crippen molar-refractivity contribution in [1.82, 2.24) is 9.47 Å². The number of para-hydroxylation sites is 1. The minimum absolute atomic E-state index is 0.227. The highest BCUT2D eigenvalue weighted by Gasteiger charge is 2.28. The van der Waals surface area contributed by atoms with E-state index < -0.39 is 0 Å². The van der Waals surface area contributed by atoms with Gasteiger partial charge < -0.3 is 9.47 Å². The highest BCUT2D eigenvalue weighted by Crippen LogP contribution is 2.39. The number of allylic oxidation sites excluding steroid dienone is 4. The molecule has 0 saturated carbocycles. The fraction of sp³-hybridized carbons (Fsp3) is 0.114. The van der Waals surface area contributed by atoms with Crippen molar-refractivity contribution in [1.29, 1.82) is 0 Å². The van der Waals surface area contributed by atoms with E-state index in [1.807, 2.05) is 0 Å². The molecule has 4 aromatic carbocycles. The first-order valence-corrected chi connectivity index (χ1v) is 13.3. The fourth-order valence-corrected chi connectivity index (χ4v) is 5.75. The van der Waals surface area contributed by atoms with E-state index in [4.69, 9.17) is 4.99 Å². The Kier molecular flexibility index (Phi) is 5.55. The molecular formula is C35H29N3. The van der Waals surface area contributed by atoms with E-state index in [9.17, 15) is 0 Å². The third kappa shape index (κ3) is 3.79. The number of benzene rings is 4. The van der Waals surface area contributed by atoms with Gasteiger partial charge in [0.05, 0.1) is 16.7 Å². The molecule has 0 radical (unpaired) electrons. The molecule has 1 unspecified atom stereocenters. The molecule has 0 spiro atoms. The molecule has 7 rings (SSSR count). The molecule has 0 amide bonds. The van der Waals surface area contributed by atoms with Gasteiger partial charge >= 0.3 is 0 Å². The van der Waals surface area contributed by atoms with E-state index in [1.165, 1.54) is 44.2 Å². The Labute approximate surface area is 223 Å². The van der Waals surface area contributed by atoms with Crippen molar-refractivity contribution in [2.45, 2.75) is 19.1 Å². The normalized spacial score (nSPS) is 17.4. The van der Waals surface area contributed by atoms with Gasteiger partial charge in [0.2, 0.25) is 6.29 Å². The van der Waals surface area contributed by atoms with Crippen LogP contribution in [0.4, 0.5) is 0 Å². The first-order valence-electron chi connectivity index (χ1n) is 13.3. The van der Waals surface area contributed by atoms with Crippen LogP contribution in [0.15, 0.2) is 144 Å². The summed E-state index contributed by atoms with van der Waals surface area (Å²) in [6.07, 6.45) is 11.1. The quantitative estimate of drug-likeness (QED) is 0.247. The summed E-state index contributed by atoms with van der Waals surface area (Å²) >= 11 is 0. The van der Waals surface area contributed by atoms with Crippen molar-refractivity contribution in [2.75, 3.05) is 7.05 Å². The average molecular weight is 492 g/mol. The second-order valence-corrected chi connectivity index (χ2v) is 9.99. The summed E-state index contributed by atoms with van der Waals surface area (Å²) < 4.78 is 2.42. The average Bonchev–Trinajstić information content (AvgIpc) is 3.32. The van der Waals surface area contributed by atoms with Crippen molar-refractivity contribution in [2.24, 2.45) is 4.99 Å². The lowest BCUT2D eigenvalue weighted by atomic mass is 9.99. The molecule has 2 heterocycles. The molecule has 1 aromatic heterocycles. The van der Waals surface area contributed by atoms with Gasteiger partial charge in [-0.2, -0.15) is 0 Å². The van der Waals surface area contributed by atoms with Crippen LogP contribution in [-0.2, 0) is 0 Å². The molecular weight excluding hydrogens is 462 g/mol. The van der Waals surface area contributed by atoms with Crippen LogP contribution in [0.5, 0.6) is 0 Å². The largest absolute Gasteiger partial charge is 0.335 e. The number of aromatic nitrogens is 1. The Morgan fingerprint density at radius 1 is 0.684 bits per heavy atom. The van der Waals surface area contributed by atoms with E-state index in [0.717, 1.165) is 24.1 Å². The molecule has 3 heteroatoms. The van der Waals surface area contributed by atoms with Crippen LogP contribution in [0, 0.1) is 0 Å². The minimum Gasteiger partial charge on any atom is -0.335 e. The first kappa shape index (κ1) is 22.6. The lowest BCUT2D eigenvalue weighted by Gasteiger charge is -2.36. The molecule has 1 aliphatic carbocycles. The maximum Gasteiger partial charge on any atom is 0.203 e. The molecule has 0 N–H and O–H groups in total. The summed E-state index contributed by atoms with van der Waals surface area (Å²) in [6.45, 7) is 0. The zero-order valence-corrected chi connectivity index (χ0v) is 21.5. The predicted octanol–water partition coefficient (Wildman–Crippen LogP) is 8.51. The minimum atomic E-state index is -0.227. The Bertz CT molecular complexity index is 1770. The fourth-order valence-electron chi connectivity index (χ4n) is 5.75. The SMILES string of the molecule is CN1C(C2=CCCC=C2)=CC(c2ccccc2)=NC1n1c2ccccc2c2ccc(-c3ccccc3)cc21. The van der Waals surface area contributed by atoms with Crippen LogP contribution in [0.25, 0.3) is 32.9 Å². The zero-order chi connectivity index (χ0) is 25.5. The number of nitrogens with zero attached hydrogens (tertiary/aromatic N) is 3. The number of hydrogen-bond donors (Lipinski definition) is 0. The zero-order valence-electron chi connectivity index (χ0n) is 21.5. The smallest absolute Gasteiger partial charge is 0.203 e. The van der Waals surface area contributed by atoms with E-state index in [1.54, 1.807) is 0 Å². The predicted molar refractivity (Wildman–Crippen MR) is 159 cm³/mol. The highest BCUT2D eigenvalue weighted by molar-refractivity contribution is 6.11. The number of rotatable bonds is 4. The maximum atomic E-state index is 5.40. The van der Waals surface area contributed by atoms with Gasteiger partial charge in [0, 0.05) is 23.5 Å². The maximum absolute atomic E-state index is 5.40. The van der Waals surface area contributed by atoms with Gasteiger partial charge in [-0.15, -0.1) is 0 Å². The lowest BCUT2D eigenvalue weighted by Crippen LogP contribution is -2.32. The molecule has 0 bridgehead atoms. The summed E-state index contributed by atoms with van der Waals surface area (Å²) in [5.41, 5.74) is 9.41. The second-order valence-electron chi connectivity index (χ2n) is 9.99. The van der Waals surface area contributed by atoms with Gasteiger partial charge in [0.1, 0.15) is 0 Å². The summed E-state index contributed by atoms with van der Waals surface area (Å²) in [6, 6.07) is 36.7. The van der Waals surface area contributed by atoms with Crippen LogP contribution in [0.1, 0.15) is 24.7 Å². The van der Waals surface area contributed by atoms with Gasteiger partial charge in [-0.05, 0) is 53.3 Å². The van der Waals surface area contributed by atoms with Gasteiger partial charge in [0.25, 0.3) is 0 Å². The Hall–Kier alpha value is -4.63. The third-order valence-corrected chi connectivity index (χ3v) is 7.66. The summed E-state index contributed by atoms with van der Waals surface area (Å²) in [4.78, 5) is 7.73. The van der Waals surface area contributed by atoms with Crippen LogP contribution >= 0.6 is 0 Å². The van der Waals surface area contributed by atoms with E-state index in [-0.39, 0.29) is 6.29 Å². The molecule has 0 saturated heterocycles. The number of hydrogen-bond acceptors (Lipinski definition) is 2. The third-order valence-electron chi connectivity index (χ3n) is 7.66. The summed E-state index contributed by atoms with van der Waals surface area (Å²) in [5, 5.41) is 2.50. The van der Waals surface area contributed by atoms with Crippen LogP contribution in [-0.4, -0.2) is 22.2 Å². The van der Waals surface area contributed by atoms with Crippen molar-refractivity contribution in [3.8, 4) is 11.1 Å². The second kappa shape index (κ2) is 9.35. The van der Waals surface area contributed by atoms with Crippen molar-refractivity contribution in [3.05, 3.63) is 144 Å². The molecule has 1 atom stereocenters. The van der Waals surface area contributed by atoms with Gasteiger partial charge in [-0.25, -0.2) is 4.99 Å². The Morgan fingerprint density at radius 3 is 2.16 bits per heavy atom. The number of aliphatic imine (C=N–C) groups is 1. The van der Waals surface area contributed by atoms with Crippen LogP contribution in [0.2, 0.25) is 0 Å². The molecule has 3 nitrogen and oxygen atoms in total. The lowest BCUT2D eigenvalue weighted by molar-refractivity contribution is 0.248. The van der Waals surface area contributed by atoms with Crippen molar-refractivity contribution >= 4 is 27.5 Å². The number of fused-ring (bicyclic) bond motifs is 3. The summed E-state index contributed by atoms with van der Waals surface area (Å²) in [7, 11) is 2.17. The molecule has 5 aromatic rings. The molecule has 0 fully saturated rings. The van der Waals surface area contributed by atoms with Gasteiger partial charge in [-0.3, -0.25) is 0 Å². The van der Waals surface area contributed by atoms with E-state index >= 15 is 0 Å². The monoisotopic (exact) mass is 491 g/mol. The summed E-state index contributed by atoms with van der Waals surface area (Å²) in [5.74, 6) is 0. The van der Waals surface area contributed by atoms with Crippen LogP contribution in [0.3, 0.4) is 0 Å². The van der Waals surface area contributed by atoms with E-state index in [2.05, 4.69) is 144 Å². The Morgan fingerprint density at radius 2 is 1.39 bits per heavy atom.